The summed E-state index contributed by atoms with van der Waals surface area (Å²) in [6, 6.07) is 14.4. The predicted molar refractivity (Wildman–Crippen MR) is 76.9 cm³/mol. The van der Waals surface area contributed by atoms with E-state index >= 15 is 0 Å². The Bertz CT molecular complexity index is 750. The Morgan fingerprint density at radius 3 is 2.19 bits per heavy atom. The van der Waals surface area contributed by atoms with E-state index in [2.05, 4.69) is 4.18 Å². The van der Waals surface area contributed by atoms with E-state index in [9.17, 15) is 17.1 Å². The van der Waals surface area contributed by atoms with Crippen molar-refractivity contribution in [1.82, 2.24) is 0 Å². The average molecular weight is 306 g/mol. The molecule has 0 aromatic heterocycles. The van der Waals surface area contributed by atoms with Crippen LogP contribution in [0.5, 0.6) is 5.75 Å². The third kappa shape index (κ3) is 4.85. The van der Waals surface area contributed by atoms with Gasteiger partial charge in [0.2, 0.25) is 0 Å². The third-order valence-electron chi connectivity index (χ3n) is 2.56. The van der Waals surface area contributed by atoms with Crippen LogP contribution in [0.2, 0.25) is 0 Å². The fourth-order valence-corrected chi connectivity index (χ4v) is 1.96. The zero-order valence-electron chi connectivity index (χ0n) is 10.8. The minimum Gasteiger partial charge on any atom is -0.358 e. The Hall–Kier alpha value is -2.47. The summed E-state index contributed by atoms with van der Waals surface area (Å²) < 4.78 is 37.0. The molecule has 6 heteroatoms. The second-order valence-corrected chi connectivity index (χ2v) is 5.06. The first-order valence-corrected chi connectivity index (χ1v) is 7.26. The molecule has 2 aromatic rings. The molecule has 0 atom stereocenters. The molecular weight excluding hydrogens is 295 g/mol. The number of carbonyl (C=O) groups is 1. The predicted octanol–water partition coefficient (Wildman–Crippen LogP) is 3.18. The summed E-state index contributed by atoms with van der Waals surface area (Å²) in [6.45, 7) is 0. The first kappa shape index (κ1) is 14.9. The van der Waals surface area contributed by atoms with Gasteiger partial charge in [-0.05, 0) is 23.8 Å². The second-order valence-electron chi connectivity index (χ2n) is 4.11. The molecule has 0 aliphatic heterocycles. The molecule has 4 nitrogen and oxygen atoms in total. The SMILES string of the molecule is O=C(/C=C/c1ccc(OS(=O)(=O)F)cc1)c1ccccc1. The Balaban J connectivity index is 2.07. The summed E-state index contributed by atoms with van der Waals surface area (Å²) >= 11 is 0. The average Bonchev–Trinajstić information content (AvgIpc) is 2.45. The van der Waals surface area contributed by atoms with Crippen LogP contribution < -0.4 is 4.18 Å². The number of hydrogen-bond donors (Lipinski definition) is 0. The molecule has 0 N–H and O–H groups in total. The van der Waals surface area contributed by atoms with Gasteiger partial charge in [0.05, 0.1) is 0 Å². The van der Waals surface area contributed by atoms with Crippen LogP contribution >= 0.6 is 0 Å². The third-order valence-corrected chi connectivity index (χ3v) is 2.95. The minimum absolute atomic E-state index is 0.135. The molecule has 0 aliphatic carbocycles. The Morgan fingerprint density at radius 1 is 1.00 bits per heavy atom. The standard InChI is InChI=1S/C15H11FO4S/c16-21(18,19)20-14-9-6-12(7-10-14)8-11-15(17)13-4-2-1-3-5-13/h1-11H/b11-8+. The van der Waals surface area contributed by atoms with E-state index in [1.807, 2.05) is 6.07 Å². The lowest BCUT2D eigenvalue weighted by Gasteiger charge is -2.00. The summed E-state index contributed by atoms with van der Waals surface area (Å²) in [7, 11) is -5.02. The quantitative estimate of drug-likeness (QED) is 0.483. The lowest BCUT2D eigenvalue weighted by molar-refractivity contribution is 0.104. The highest BCUT2D eigenvalue weighted by Crippen LogP contribution is 2.16. The number of halogens is 1. The van der Waals surface area contributed by atoms with Gasteiger partial charge in [-0.25, -0.2) is 0 Å². The Kier molecular flexibility index (Phi) is 4.49. The van der Waals surface area contributed by atoms with Crippen LogP contribution in [-0.2, 0) is 10.5 Å². The Morgan fingerprint density at radius 2 is 1.62 bits per heavy atom. The molecule has 0 spiro atoms. The first-order chi connectivity index (χ1) is 9.94. The highest BCUT2D eigenvalue weighted by molar-refractivity contribution is 7.81. The molecule has 0 saturated heterocycles. The van der Waals surface area contributed by atoms with Crippen LogP contribution in [0, 0.1) is 0 Å². The van der Waals surface area contributed by atoms with Crippen LogP contribution in [0.25, 0.3) is 6.08 Å². The zero-order valence-corrected chi connectivity index (χ0v) is 11.6. The normalized spacial score (nSPS) is 11.5. The molecule has 2 rings (SSSR count). The van der Waals surface area contributed by atoms with E-state index < -0.39 is 10.5 Å². The van der Waals surface area contributed by atoms with Gasteiger partial charge in [0.25, 0.3) is 0 Å². The van der Waals surface area contributed by atoms with E-state index in [0.717, 1.165) is 0 Å². The van der Waals surface area contributed by atoms with Gasteiger partial charge in [0, 0.05) is 5.56 Å². The molecule has 0 radical (unpaired) electrons. The van der Waals surface area contributed by atoms with Crippen LogP contribution in [0.3, 0.4) is 0 Å². The van der Waals surface area contributed by atoms with Crippen molar-refractivity contribution in [2.24, 2.45) is 0 Å². The fourth-order valence-electron chi connectivity index (χ4n) is 1.62. The number of ketones is 1. The van der Waals surface area contributed by atoms with Gasteiger partial charge in [0.1, 0.15) is 5.75 Å². The van der Waals surface area contributed by atoms with E-state index in [0.29, 0.717) is 11.1 Å². The van der Waals surface area contributed by atoms with Gasteiger partial charge in [0.15, 0.2) is 5.78 Å². The van der Waals surface area contributed by atoms with Crippen molar-refractivity contribution < 1.29 is 21.3 Å². The number of allylic oxidation sites excluding steroid dienone is 1. The topological polar surface area (TPSA) is 60.4 Å². The maximum absolute atomic E-state index is 12.3. The highest BCUT2D eigenvalue weighted by atomic mass is 32.3. The monoisotopic (exact) mass is 306 g/mol. The molecule has 0 amide bonds. The van der Waals surface area contributed by atoms with Crippen molar-refractivity contribution in [1.29, 1.82) is 0 Å². The number of benzene rings is 2. The molecule has 21 heavy (non-hydrogen) atoms. The maximum atomic E-state index is 12.3. The lowest BCUT2D eigenvalue weighted by Crippen LogP contribution is -2.00. The summed E-state index contributed by atoms with van der Waals surface area (Å²) in [5.74, 6) is -0.286. The van der Waals surface area contributed by atoms with Gasteiger partial charge in [-0.1, -0.05) is 52.4 Å². The fraction of sp³-hybridized carbons (Fsp3) is 0. The molecule has 108 valence electrons. The first-order valence-electron chi connectivity index (χ1n) is 5.96. The van der Waals surface area contributed by atoms with Crippen LogP contribution in [-0.4, -0.2) is 14.2 Å². The summed E-state index contributed by atoms with van der Waals surface area (Å²) in [5, 5.41) is 0. The molecular formula is C15H11FO4S. The van der Waals surface area contributed by atoms with Crippen molar-refractivity contribution in [3.05, 3.63) is 71.8 Å². The largest absolute Gasteiger partial charge is 0.488 e. The van der Waals surface area contributed by atoms with Gasteiger partial charge < -0.3 is 4.18 Å². The second kappa shape index (κ2) is 6.32. The van der Waals surface area contributed by atoms with Crippen LogP contribution in [0.4, 0.5) is 3.89 Å². The summed E-state index contributed by atoms with van der Waals surface area (Å²) in [4.78, 5) is 11.8. The summed E-state index contributed by atoms with van der Waals surface area (Å²) in [6.07, 6.45) is 2.97. The van der Waals surface area contributed by atoms with Gasteiger partial charge in [-0.2, -0.15) is 8.42 Å². The highest BCUT2D eigenvalue weighted by Gasteiger charge is 2.08. The van der Waals surface area contributed by atoms with Crippen molar-refractivity contribution >= 4 is 22.4 Å². The molecule has 0 unspecified atom stereocenters. The van der Waals surface area contributed by atoms with E-state index in [1.165, 1.54) is 30.3 Å². The van der Waals surface area contributed by atoms with E-state index in [1.54, 1.807) is 30.3 Å². The lowest BCUT2D eigenvalue weighted by atomic mass is 10.1. The van der Waals surface area contributed by atoms with Gasteiger partial charge in [-0.3, -0.25) is 4.79 Å². The number of carbonyl (C=O) groups excluding carboxylic acids is 1. The van der Waals surface area contributed by atoms with Gasteiger partial charge in [-0.15, -0.1) is 0 Å². The molecule has 2 aromatic carbocycles. The van der Waals surface area contributed by atoms with Crippen molar-refractivity contribution in [3.8, 4) is 5.75 Å². The van der Waals surface area contributed by atoms with E-state index in [-0.39, 0.29) is 11.5 Å². The van der Waals surface area contributed by atoms with Crippen LogP contribution in [0.15, 0.2) is 60.7 Å². The number of hydrogen-bond acceptors (Lipinski definition) is 4. The summed E-state index contributed by atoms with van der Waals surface area (Å²) in [5.41, 5.74) is 1.22. The Labute approximate surface area is 121 Å². The smallest absolute Gasteiger partial charge is 0.358 e. The van der Waals surface area contributed by atoms with Crippen molar-refractivity contribution in [2.75, 3.05) is 0 Å². The molecule has 0 aliphatic rings. The molecule has 0 bridgehead atoms. The zero-order chi connectivity index (χ0) is 15.3. The van der Waals surface area contributed by atoms with E-state index in [4.69, 9.17) is 0 Å². The number of rotatable bonds is 5. The molecule has 0 heterocycles. The minimum atomic E-state index is -5.02. The van der Waals surface area contributed by atoms with Crippen molar-refractivity contribution in [3.63, 3.8) is 0 Å². The van der Waals surface area contributed by atoms with Crippen molar-refractivity contribution in [2.45, 2.75) is 0 Å². The maximum Gasteiger partial charge on any atom is 0.488 e. The molecule has 0 fully saturated rings. The molecule has 0 saturated carbocycles. The van der Waals surface area contributed by atoms with Crippen LogP contribution in [0.1, 0.15) is 15.9 Å². The van der Waals surface area contributed by atoms with Gasteiger partial charge >= 0.3 is 10.5 Å².